The number of benzene rings is 1. The molecule has 0 aliphatic carbocycles. The van der Waals surface area contributed by atoms with Gasteiger partial charge in [0, 0.05) is 30.6 Å². The van der Waals surface area contributed by atoms with Crippen molar-refractivity contribution >= 4 is 11.6 Å². The maximum Gasteiger partial charge on any atom is 0.226 e. The van der Waals surface area contributed by atoms with Crippen molar-refractivity contribution in [1.29, 1.82) is 0 Å². The van der Waals surface area contributed by atoms with Crippen LogP contribution in [0.1, 0.15) is 43.7 Å². The lowest BCUT2D eigenvalue weighted by Crippen LogP contribution is -2.35. The highest BCUT2D eigenvalue weighted by Crippen LogP contribution is 2.26. The predicted molar refractivity (Wildman–Crippen MR) is 80.6 cm³/mol. The first kappa shape index (κ1) is 14.6. The molecule has 106 valence electrons. The summed E-state index contributed by atoms with van der Waals surface area (Å²) in [6, 6.07) is 6.02. The molecule has 1 aliphatic rings. The van der Waals surface area contributed by atoms with Crippen LogP contribution in [0.4, 0.5) is 5.69 Å². The van der Waals surface area contributed by atoms with Crippen LogP contribution in [0, 0.1) is 11.8 Å². The second-order valence-electron chi connectivity index (χ2n) is 4.97. The van der Waals surface area contributed by atoms with Crippen LogP contribution < -0.4 is 4.90 Å². The Morgan fingerprint density at radius 2 is 2.20 bits per heavy atom. The molecule has 2 rings (SSSR count). The summed E-state index contributed by atoms with van der Waals surface area (Å²) in [7, 11) is 0. The summed E-state index contributed by atoms with van der Waals surface area (Å²) in [6.07, 6.45) is 4.11. The van der Waals surface area contributed by atoms with Gasteiger partial charge in [-0.15, -0.1) is 0 Å². The van der Waals surface area contributed by atoms with Crippen molar-refractivity contribution < 1.29 is 9.90 Å². The van der Waals surface area contributed by atoms with Crippen LogP contribution in [-0.2, 0) is 11.2 Å². The number of nitrogens with zero attached hydrogens (tertiary/aromatic N) is 1. The van der Waals surface area contributed by atoms with Crippen molar-refractivity contribution in [2.24, 2.45) is 0 Å². The molecule has 1 aromatic carbocycles. The van der Waals surface area contributed by atoms with E-state index in [0.717, 1.165) is 42.6 Å². The smallest absolute Gasteiger partial charge is 0.226 e. The molecule has 0 saturated carbocycles. The van der Waals surface area contributed by atoms with Crippen LogP contribution in [-0.4, -0.2) is 24.2 Å². The van der Waals surface area contributed by atoms with E-state index in [4.69, 9.17) is 5.11 Å². The number of carbonyl (C=O) groups is 1. The maximum absolute atomic E-state index is 12.0. The van der Waals surface area contributed by atoms with Crippen LogP contribution in [0.5, 0.6) is 0 Å². The highest BCUT2D eigenvalue weighted by Gasteiger charge is 2.21. The van der Waals surface area contributed by atoms with Crippen molar-refractivity contribution in [3.05, 3.63) is 29.3 Å². The van der Waals surface area contributed by atoms with Crippen molar-refractivity contribution in [1.82, 2.24) is 0 Å². The summed E-state index contributed by atoms with van der Waals surface area (Å²) in [5.74, 6) is 6.21. The SMILES string of the molecule is CCc1cc(C#CCCO)ccc1N1CCCCC1=O. The number of aryl methyl sites for hydroxylation is 1. The minimum absolute atomic E-state index is 0.0913. The summed E-state index contributed by atoms with van der Waals surface area (Å²) in [5.41, 5.74) is 3.14. The molecule has 0 aromatic heterocycles. The van der Waals surface area contributed by atoms with Gasteiger partial charge in [-0.3, -0.25) is 4.79 Å². The molecular weight excluding hydrogens is 250 g/mol. The average Bonchev–Trinajstić information content (AvgIpc) is 2.48. The minimum atomic E-state index is 0.0913. The zero-order valence-electron chi connectivity index (χ0n) is 12.0. The first-order chi connectivity index (χ1) is 9.76. The maximum atomic E-state index is 12.0. The summed E-state index contributed by atoms with van der Waals surface area (Å²) >= 11 is 0. The first-order valence-corrected chi connectivity index (χ1v) is 7.29. The lowest BCUT2D eigenvalue weighted by Gasteiger charge is -2.28. The van der Waals surface area contributed by atoms with E-state index in [0.29, 0.717) is 12.8 Å². The highest BCUT2D eigenvalue weighted by atomic mass is 16.2. The Bertz CT molecular complexity index is 540. The van der Waals surface area contributed by atoms with Crippen LogP contribution in [0.3, 0.4) is 0 Å². The fraction of sp³-hybridized carbons (Fsp3) is 0.471. The fourth-order valence-electron chi connectivity index (χ4n) is 2.49. The van der Waals surface area contributed by atoms with Gasteiger partial charge in [0.1, 0.15) is 0 Å². The molecule has 1 aromatic rings. The Hall–Kier alpha value is -1.79. The summed E-state index contributed by atoms with van der Waals surface area (Å²) < 4.78 is 0. The van der Waals surface area contributed by atoms with Crippen LogP contribution in [0.2, 0.25) is 0 Å². The third-order valence-electron chi connectivity index (χ3n) is 3.54. The Kier molecular flexibility index (Phi) is 5.20. The molecule has 1 N–H and O–H groups in total. The number of carbonyl (C=O) groups excluding carboxylic acids is 1. The van der Waals surface area contributed by atoms with Gasteiger partial charge in [0.05, 0.1) is 6.61 Å². The zero-order chi connectivity index (χ0) is 14.4. The Labute approximate surface area is 120 Å². The summed E-state index contributed by atoms with van der Waals surface area (Å²) in [6.45, 7) is 3.01. The molecular formula is C17H21NO2. The largest absolute Gasteiger partial charge is 0.395 e. The van der Waals surface area contributed by atoms with Crippen LogP contribution in [0.25, 0.3) is 0 Å². The van der Waals surface area contributed by atoms with Gasteiger partial charge in [-0.05, 0) is 43.0 Å². The van der Waals surface area contributed by atoms with Crippen LogP contribution in [0.15, 0.2) is 18.2 Å². The summed E-state index contributed by atoms with van der Waals surface area (Å²) in [5, 5.41) is 8.74. The zero-order valence-corrected chi connectivity index (χ0v) is 12.0. The van der Waals surface area contributed by atoms with E-state index >= 15 is 0 Å². The van der Waals surface area contributed by atoms with Gasteiger partial charge in [-0.2, -0.15) is 0 Å². The van der Waals surface area contributed by atoms with Crippen LogP contribution >= 0.6 is 0 Å². The number of anilines is 1. The van der Waals surface area contributed by atoms with Crippen molar-refractivity contribution in [2.45, 2.75) is 39.0 Å². The molecule has 1 amide bonds. The monoisotopic (exact) mass is 271 g/mol. The predicted octanol–water partition coefficient (Wildman–Crippen LogP) is 2.50. The van der Waals surface area contributed by atoms with E-state index in [1.165, 1.54) is 0 Å². The van der Waals surface area contributed by atoms with Gasteiger partial charge in [-0.25, -0.2) is 0 Å². The van der Waals surface area contributed by atoms with E-state index in [2.05, 4.69) is 24.8 Å². The molecule has 0 unspecified atom stereocenters. The Balaban J connectivity index is 2.26. The highest BCUT2D eigenvalue weighted by molar-refractivity contribution is 5.94. The second-order valence-corrected chi connectivity index (χ2v) is 4.97. The topological polar surface area (TPSA) is 40.5 Å². The van der Waals surface area contributed by atoms with E-state index in [9.17, 15) is 4.79 Å². The lowest BCUT2D eigenvalue weighted by molar-refractivity contribution is -0.119. The molecule has 0 bridgehead atoms. The summed E-state index contributed by atoms with van der Waals surface area (Å²) in [4.78, 5) is 13.9. The van der Waals surface area contributed by atoms with Gasteiger partial charge in [0.2, 0.25) is 5.91 Å². The number of rotatable bonds is 3. The van der Waals surface area contributed by atoms with Gasteiger partial charge < -0.3 is 10.0 Å². The molecule has 20 heavy (non-hydrogen) atoms. The van der Waals surface area contributed by atoms with Gasteiger partial charge in [-0.1, -0.05) is 18.8 Å². The minimum Gasteiger partial charge on any atom is -0.395 e. The van der Waals surface area contributed by atoms with Crippen molar-refractivity contribution in [3.63, 3.8) is 0 Å². The lowest BCUT2D eigenvalue weighted by atomic mass is 10.0. The molecule has 1 fully saturated rings. The third kappa shape index (κ3) is 3.40. The number of hydrogen-bond acceptors (Lipinski definition) is 2. The number of aliphatic hydroxyl groups is 1. The van der Waals surface area contributed by atoms with E-state index in [-0.39, 0.29) is 12.5 Å². The molecule has 3 heteroatoms. The van der Waals surface area contributed by atoms with Crippen molar-refractivity contribution in [2.75, 3.05) is 18.1 Å². The standard InChI is InChI=1S/C17H21NO2/c1-2-15-13-14(7-4-6-12-19)9-10-16(15)18-11-5-3-8-17(18)20/h9-10,13,19H,2-3,5-6,8,11-12H2,1H3. The number of amides is 1. The number of piperidine rings is 1. The number of hydrogen-bond donors (Lipinski definition) is 1. The van der Waals surface area contributed by atoms with Gasteiger partial charge >= 0.3 is 0 Å². The normalized spacial score (nSPS) is 14.9. The van der Waals surface area contributed by atoms with Crippen molar-refractivity contribution in [3.8, 4) is 11.8 Å². The van der Waals surface area contributed by atoms with E-state index in [1.54, 1.807) is 0 Å². The molecule has 0 atom stereocenters. The molecule has 0 radical (unpaired) electrons. The second kappa shape index (κ2) is 7.12. The molecule has 1 heterocycles. The number of aliphatic hydroxyl groups excluding tert-OH is 1. The Morgan fingerprint density at radius 3 is 2.90 bits per heavy atom. The molecule has 0 spiro atoms. The molecule has 1 saturated heterocycles. The molecule has 1 aliphatic heterocycles. The first-order valence-electron chi connectivity index (χ1n) is 7.29. The van der Waals surface area contributed by atoms with E-state index in [1.807, 2.05) is 17.0 Å². The quantitative estimate of drug-likeness (QED) is 0.858. The van der Waals surface area contributed by atoms with Gasteiger partial charge in [0.15, 0.2) is 0 Å². The third-order valence-corrected chi connectivity index (χ3v) is 3.54. The van der Waals surface area contributed by atoms with E-state index < -0.39 is 0 Å². The van der Waals surface area contributed by atoms with Gasteiger partial charge in [0.25, 0.3) is 0 Å². The average molecular weight is 271 g/mol. The fourth-order valence-corrected chi connectivity index (χ4v) is 2.49. The molecule has 3 nitrogen and oxygen atoms in total. The Morgan fingerprint density at radius 1 is 1.35 bits per heavy atom.